The third-order valence-electron chi connectivity index (χ3n) is 3.84. The molecule has 0 radical (unpaired) electrons. The Balaban J connectivity index is 1.48. The molecule has 118 valence electrons. The highest BCUT2D eigenvalue weighted by Crippen LogP contribution is 2.23. The maximum absolute atomic E-state index is 5.88. The van der Waals surface area contributed by atoms with Gasteiger partial charge in [-0.1, -0.05) is 35.9 Å². The number of ether oxygens (including phenoxy) is 1. The molecule has 0 aliphatic carbocycles. The van der Waals surface area contributed by atoms with Crippen LogP contribution >= 0.6 is 11.6 Å². The lowest BCUT2D eigenvalue weighted by Gasteiger charge is -2.07. The summed E-state index contributed by atoms with van der Waals surface area (Å²) in [6.07, 6.45) is 0. The first-order valence-electron chi connectivity index (χ1n) is 7.70. The van der Waals surface area contributed by atoms with E-state index >= 15 is 0 Å². The van der Waals surface area contributed by atoms with Crippen LogP contribution < -0.4 is 4.74 Å². The molecule has 4 aromatic rings. The number of nitrogens with one attached hydrogen (secondary N) is 1. The summed E-state index contributed by atoms with van der Waals surface area (Å²) in [6.45, 7) is 0.515. The molecule has 0 fully saturated rings. The molecule has 1 heterocycles. The minimum absolute atomic E-state index is 0.515. The van der Waals surface area contributed by atoms with Gasteiger partial charge in [0.25, 0.3) is 0 Å². The Hall–Kier alpha value is -2.78. The topological polar surface area (TPSA) is 37.9 Å². The molecule has 3 nitrogen and oxygen atoms in total. The van der Waals surface area contributed by atoms with Crippen LogP contribution in [0.1, 0.15) is 5.56 Å². The quantitative estimate of drug-likeness (QED) is 0.538. The van der Waals surface area contributed by atoms with Gasteiger partial charge < -0.3 is 9.72 Å². The van der Waals surface area contributed by atoms with Gasteiger partial charge in [-0.2, -0.15) is 0 Å². The van der Waals surface area contributed by atoms with Gasteiger partial charge in [0, 0.05) is 10.6 Å². The maximum Gasteiger partial charge on any atom is 0.138 e. The van der Waals surface area contributed by atoms with E-state index in [1.807, 2.05) is 72.8 Å². The van der Waals surface area contributed by atoms with Crippen molar-refractivity contribution in [2.24, 2.45) is 0 Å². The van der Waals surface area contributed by atoms with E-state index < -0.39 is 0 Å². The Morgan fingerprint density at radius 2 is 1.62 bits per heavy atom. The van der Waals surface area contributed by atoms with Crippen molar-refractivity contribution >= 4 is 22.6 Å². The van der Waals surface area contributed by atoms with Crippen LogP contribution in [-0.4, -0.2) is 9.97 Å². The lowest BCUT2D eigenvalue weighted by atomic mass is 10.2. The Morgan fingerprint density at radius 3 is 2.38 bits per heavy atom. The Bertz CT molecular complexity index is 926. The molecule has 3 aromatic carbocycles. The summed E-state index contributed by atoms with van der Waals surface area (Å²) < 4.78 is 5.81. The highest BCUT2D eigenvalue weighted by molar-refractivity contribution is 6.30. The molecule has 4 rings (SSSR count). The average Bonchev–Trinajstić information content (AvgIpc) is 3.06. The van der Waals surface area contributed by atoms with E-state index in [1.165, 1.54) is 0 Å². The molecule has 0 bridgehead atoms. The van der Waals surface area contributed by atoms with Gasteiger partial charge in [0.2, 0.25) is 0 Å². The number of rotatable bonds is 4. The van der Waals surface area contributed by atoms with Crippen LogP contribution in [0.4, 0.5) is 0 Å². The number of fused-ring (bicyclic) bond motifs is 1. The van der Waals surface area contributed by atoms with Gasteiger partial charge in [0.1, 0.15) is 18.2 Å². The number of halogens is 1. The molecular weight excluding hydrogens is 320 g/mol. The van der Waals surface area contributed by atoms with Crippen LogP contribution in [0.2, 0.25) is 5.02 Å². The Labute approximate surface area is 144 Å². The molecule has 0 atom stereocenters. The van der Waals surface area contributed by atoms with Crippen LogP contribution in [0.5, 0.6) is 5.75 Å². The molecule has 0 saturated heterocycles. The van der Waals surface area contributed by atoms with Gasteiger partial charge in [-0.25, -0.2) is 4.98 Å². The molecule has 0 aliphatic rings. The molecule has 0 amide bonds. The molecule has 24 heavy (non-hydrogen) atoms. The van der Waals surface area contributed by atoms with Gasteiger partial charge >= 0.3 is 0 Å². The van der Waals surface area contributed by atoms with Gasteiger partial charge in [-0.05, 0) is 54.1 Å². The van der Waals surface area contributed by atoms with Crippen molar-refractivity contribution < 1.29 is 4.74 Å². The van der Waals surface area contributed by atoms with Crippen molar-refractivity contribution in [3.05, 3.63) is 83.4 Å². The molecule has 0 spiro atoms. The number of hydrogen-bond donors (Lipinski definition) is 1. The summed E-state index contributed by atoms with van der Waals surface area (Å²) in [6, 6.07) is 23.6. The van der Waals surface area contributed by atoms with Crippen LogP contribution in [0.3, 0.4) is 0 Å². The number of nitrogens with zero attached hydrogens (tertiary/aromatic N) is 1. The summed E-state index contributed by atoms with van der Waals surface area (Å²) >= 11 is 5.88. The fourth-order valence-electron chi connectivity index (χ4n) is 2.55. The third kappa shape index (κ3) is 3.12. The molecule has 1 aromatic heterocycles. The van der Waals surface area contributed by atoms with Crippen molar-refractivity contribution in [1.82, 2.24) is 9.97 Å². The number of benzene rings is 3. The second kappa shape index (κ2) is 6.38. The van der Waals surface area contributed by atoms with E-state index in [9.17, 15) is 0 Å². The second-order valence-electron chi connectivity index (χ2n) is 5.54. The lowest BCUT2D eigenvalue weighted by Crippen LogP contribution is -1.95. The smallest absolute Gasteiger partial charge is 0.138 e. The van der Waals surface area contributed by atoms with Crippen molar-refractivity contribution in [2.75, 3.05) is 0 Å². The fourth-order valence-corrected chi connectivity index (χ4v) is 2.67. The number of imidazole rings is 1. The first-order valence-corrected chi connectivity index (χ1v) is 8.08. The van der Waals surface area contributed by atoms with Crippen molar-refractivity contribution in [3.8, 4) is 17.1 Å². The van der Waals surface area contributed by atoms with Crippen LogP contribution in [0.15, 0.2) is 72.8 Å². The number of aromatic nitrogens is 2. The monoisotopic (exact) mass is 334 g/mol. The van der Waals surface area contributed by atoms with Crippen molar-refractivity contribution in [2.45, 2.75) is 6.61 Å². The van der Waals surface area contributed by atoms with Gasteiger partial charge in [-0.3, -0.25) is 0 Å². The number of aromatic amines is 1. The number of hydrogen-bond acceptors (Lipinski definition) is 2. The van der Waals surface area contributed by atoms with E-state index in [-0.39, 0.29) is 0 Å². The molecule has 0 saturated carbocycles. The fraction of sp³-hybridized carbons (Fsp3) is 0.0500. The minimum Gasteiger partial charge on any atom is -0.489 e. The summed E-state index contributed by atoms with van der Waals surface area (Å²) in [5.41, 5.74) is 4.12. The maximum atomic E-state index is 5.88. The van der Waals surface area contributed by atoms with Gasteiger partial charge in [0.15, 0.2) is 0 Å². The minimum atomic E-state index is 0.515. The van der Waals surface area contributed by atoms with E-state index in [1.54, 1.807) is 0 Å². The number of H-pyrrole nitrogens is 1. The highest BCUT2D eigenvalue weighted by atomic mass is 35.5. The second-order valence-corrected chi connectivity index (χ2v) is 5.98. The average molecular weight is 335 g/mol. The zero-order valence-electron chi connectivity index (χ0n) is 12.9. The summed E-state index contributed by atoms with van der Waals surface area (Å²) in [5.74, 6) is 1.69. The molecule has 1 N–H and O–H groups in total. The zero-order valence-corrected chi connectivity index (χ0v) is 13.6. The Kier molecular flexibility index (Phi) is 3.93. The summed E-state index contributed by atoms with van der Waals surface area (Å²) in [5, 5.41) is 0.730. The predicted octanol–water partition coefficient (Wildman–Crippen LogP) is 5.46. The van der Waals surface area contributed by atoms with Crippen LogP contribution in [0, 0.1) is 0 Å². The normalized spacial score (nSPS) is 10.9. The lowest BCUT2D eigenvalue weighted by molar-refractivity contribution is 0.306. The van der Waals surface area contributed by atoms with Crippen molar-refractivity contribution in [1.29, 1.82) is 0 Å². The molecule has 4 heteroatoms. The van der Waals surface area contributed by atoms with Crippen molar-refractivity contribution in [3.63, 3.8) is 0 Å². The SMILES string of the molecule is Clc1ccc(COc2ccc(-c3nc4ccccc4[nH]3)cc2)cc1. The number of para-hydroxylation sites is 2. The zero-order chi connectivity index (χ0) is 16.4. The predicted molar refractivity (Wildman–Crippen MR) is 97.3 cm³/mol. The van der Waals surface area contributed by atoms with E-state index in [4.69, 9.17) is 16.3 Å². The summed E-state index contributed by atoms with van der Waals surface area (Å²) in [7, 11) is 0. The van der Waals surface area contributed by atoms with E-state index in [2.05, 4.69) is 9.97 Å². The first-order chi connectivity index (χ1) is 11.8. The largest absolute Gasteiger partial charge is 0.489 e. The van der Waals surface area contributed by atoms with Gasteiger partial charge in [-0.15, -0.1) is 0 Å². The molecule has 0 aliphatic heterocycles. The standard InChI is InChI=1S/C20H15ClN2O/c21-16-9-5-14(6-10-16)13-24-17-11-7-15(8-12-17)20-22-18-3-1-2-4-19(18)23-20/h1-12H,13H2,(H,22,23). The van der Waals surface area contributed by atoms with Crippen LogP contribution in [-0.2, 0) is 6.61 Å². The van der Waals surface area contributed by atoms with Gasteiger partial charge in [0.05, 0.1) is 11.0 Å². The van der Waals surface area contributed by atoms with E-state index in [0.717, 1.165) is 38.8 Å². The third-order valence-corrected chi connectivity index (χ3v) is 4.09. The highest BCUT2D eigenvalue weighted by Gasteiger charge is 2.05. The van der Waals surface area contributed by atoms with Crippen LogP contribution in [0.25, 0.3) is 22.4 Å². The first kappa shape index (κ1) is 14.8. The molecular formula is C20H15ClN2O. The van der Waals surface area contributed by atoms with E-state index in [0.29, 0.717) is 6.61 Å². The molecule has 0 unspecified atom stereocenters. The Morgan fingerprint density at radius 1 is 0.875 bits per heavy atom. The summed E-state index contributed by atoms with van der Waals surface area (Å²) in [4.78, 5) is 7.94.